The maximum Gasteiger partial charge on any atom is 0.405 e. The molecule has 2 aromatic carbocycles. The molecular weight excluding hydrogens is 347 g/mol. The lowest BCUT2D eigenvalue weighted by Gasteiger charge is -2.24. The summed E-state index contributed by atoms with van der Waals surface area (Å²) in [5.74, 6) is -0.784. The Bertz CT molecular complexity index is 817. The van der Waals surface area contributed by atoms with Crippen LogP contribution < -0.4 is 10.6 Å². The molecule has 2 N–H and O–H groups in total. The van der Waals surface area contributed by atoms with Crippen molar-refractivity contribution in [3.63, 3.8) is 0 Å². The molecule has 1 aliphatic heterocycles. The van der Waals surface area contributed by atoms with Gasteiger partial charge in [-0.15, -0.1) is 0 Å². The molecule has 138 valence electrons. The molecule has 26 heavy (non-hydrogen) atoms. The van der Waals surface area contributed by atoms with E-state index >= 15 is 0 Å². The molecule has 1 heterocycles. The van der Waals surface area contributed by atoms with Crippen LogP contribution in [0.3, 0.4) is 0 Å². The van der Waals surface area contributed by atoms with Gasteiger partial charge in [0, 0.05) is 11.9 Å². The van der Waals surface area contributed by atoms with Crippen molar-refractivity contribution < 1.29 is 22.8 Å². The number of benzene rings is 2. The number of likely N-dealkylation sites (tertiary alicyclic amines) is 1. The molecule has 0 unspecified atom stereocenters. The Morgan fingerprint density at radius 2 is 1.85 bits per heavy atom. The first kappa shape index (κ1) is 18.0. The highest BCUT2D eigenvalue weighted by Crippen LogP contribution is 2.25. The van der Waals surface area contributed by atoms with Crippen molar-refractivity contribution in [3.05, 3.63) is 42.5 Å². The molecule has 1 saturated heterocycles. The second-order valence-electron chi connectivity index (χ2n) is 6.14. The van der Waals surface area contributed by atoms with E-state index in [0.29, 0.717) is 25.1 Å². The molecule has 8 heteroatoms. The smallest absolute Gasteiger partial charge is 0.345 e. The minimum atomic E-state index is -4.48. The van der Waals surface area contributed by atoms with Gasteiger partial charge in [0.05, 0.1) is 5.69 Å². The predicted molar refractivity (Wildman–Crippen MR) is 91.8 cm³/mol. The fraction of sp³-hybridized carbons (Fsp3) is 0.333. The molecule has 3 amide bonds. The second kappa shape index (κ2) is 7.23. The summed E-state index contributed by atoms with van der Waals surface area (Å²) >= 11 is 0. The Hall–Kier alpha value is -2.77. The van der Waals surface area contributed by atoms with Gasteiger partial charge >= 0.3 is 12.2 Å². The number of hydrogen-bond acceptors (Lipinski definition) is 2. The second-order valence-corrected chi connectivity index (χ2v) is 6.14. The van der Waals surface area contributed by atoms with Crippen LogP contribution >= 0.6 is 0 Å². The summed E-state index contributed by atoms with van der Waals surface area (Å²) in [5.41, 5.74) is 0.592. The number of fused-ring (bicyclic) bond motifs is 1. The number of anilines is 1. The van der Waals surface area contributed by atoms with E-state index in [1.54, 1.807) is 12.1 Å². The Labute approximate surface area is 148 Å². The fourth-order valence-electron chi connectivity index (χ4n) is 3.11. The summed E-state index contributed by atoms with van der Waals surface area (Å²) in [7, 11) is 0. The maximum atomic E-state index is 12.6. The third-order valence-corrected chi connectivity index (χ3v) is 4.31. The van der Waals surface area contributed by atoms with Gasteiger partial charge < -0.3 is 15.5 Å². The first-order chi connectivity index (χ1) is 12.3. The van der Waals surface area contributed by atoms with E-state index in [0.717, 1.165) is 10.8 Å². The van der Waals surface area contributed by atoms with Gasteiger partial charge in [-0.05, 0) is 24.3 Å². The zero-order valence-electron chi connectivity index (χ0n) is 13.8. The quantitative estimate of drug-likeness (QED) is 0.874. The molecule has 1 aliphatic rings. The molecular formula is C18H18F3N3O2. The Kier molecular flexibility index (Phi) is 5.01. The number of carbonyl (C=O) groups excluding carboxylic acids is 2. The molecule has 1 atom stereocenters. The summed E-state index contributed by atoms with van der Waals surface area (Å²) in [4.78, 5) is 25.9. The SMILES string of the molecule is O=C(NCC(F)(F)F)[C@H]1CCCN1C(=O)Nc1cccc2ccccc12. The number of urea groups is 1. The van der Waals surface area contributed by atoms with E-state index < -0.39 is 30.7 Å². The number of alkyl halides is 3. The van der Waals surface area contributed by atoms with E-state index in [4.69, 9.17) is 0 Å². The van der Waals surface area contributed by atoms with Crippen LogP contribution in [-0.4, -0.2) is 42.1 Å². The number of amides is 3. The molecule has 1 fully saturated rings. The van der Waals surface area contributed by atoms with Crippen LogP contribution in [0.1, 0.15) is 12.8 Å². The van der Waals surface area contributed by atoms with Crippen LogP contribution in [0.2, 0.25) is 0 Å². The first-order valence-corrected chi connectivity index (χ1v) is 8.25. The third kappa shape index (κ3) is 4.07. The van der Waals surface area contributed by atoms with Gasteiger partial charge in [-0.3, -0.25) is 4.79 Å². The van der Waals surface area contributed by atoms with Gasteiger partial charge in [-0.1, -0.05) is 36.4 Å². The van der Waals surface area contributed by atoms with Gasteiger partial charge in [0.1, 0.15) is 12.6 Å². The zero-order valence-corrected chi connectivity index (χ0v) is 13.8. The van der Waals surface area contributed by atoms with Gasteiger partial charge in [0.15, 0.2) is 0 Å². The van der Waals surface area contributed by atoms with Crippen LogP contribution in [-0.2, 0) is 4.79 Å². The highest BCUT2D eigenvalue weighted by molar-refractivity contribution is 6.02. The van der Waals surface area contributed by atoms with Gasteiger partial charge in [0.25, 0.3) is 0 Å². The Morgan fingerprint density at radius 3 is 2.62 bits per heavy atom. The lowest BCUT2D eigenvalue weighted by atomic mass is 10.1. The fourth-order valence-corrected chi connectivity index (χ4v) is 3.11. The lowest BCUT2D eigenvalue weighted by Crippen LogP contribution is -2.49. The van der Waals surface area contributed by atoms with Crippen molar-refractivity contribution >= 4 is 28.4 Å². The predicted octanol–water partition coefficient (Wildman–Crippen LogP) is 3.51. The number of rotatable bonds is 3. The van der Waals surface area contributed by atoms with Crippen molar-refractivity contribution in [1.82, 2.24) is 10.2 Å². The van der Waals surface area contributed by atoms with Crippen molar-refractivity contribution in [1.29, 1.82) is 0 Å². The highest BCUT2D eigenvalue weighted by Gasteiger charge is 2.36. The monoisotopic (exact) mass is 365 g/mol. The van der Waals surface area contributed by atoms with E-state index in [-0.39, 0.29) is 0 Å². The summed E-state index contributed by atoms with van der Waals surface area (Å²) < 4.78 is 36.9. The van der Waals surface area contributed by atoms with Crippen molar-refractivity contribution in [2.45, 2.75) is 25.1 Å². The number of halogens is 3. The molecule has 2 aromatic rings. The first-order valence-electron chi connectivity index (χ1n) is 8.25. The van der Waals surface area contributed by atoms with Crippen molar-refractivity contribution in [2.75, 3.05) is 18.4 Å². The van der Waals surface area contributed by atoms with E-state index in [2.05, 4.69) is 5.32 Å². The van der Waals surface area contributed by atoms with Crippen LogP contribution in [0, 0.1) is 0 Å². The normalized spacial score (nSPS) is 17.3. The Morgan fingerprint density at radius 1 is 1.12 bits per heavy atom. The van der Waals surface area contributed by atoms with E-state index in [9.17, 15) is 22.8 Å². The summed E-state index contributed by atoms with van der Waals surface area (Å²) in [6.45, 7) is -1.08. The van der Waals surface area contributed by atoms with E-state index in [1.165, 1.54) is 4.90 Å². The minimum absolute atomic E-state index is 0.320. The third-order valence-electron chi connectivity index (χ3n) is 4.31. The number of carbonyl (C=O) groups is 2. The number of nitrogens with one attached hydrogen (secondary N) is 2. The average molecular weight is 365 g/mol. The van der Waals surface area contributed by atoms with Crippen LogP contribution in [0.15, 0.2) is 42.5 Å². The highest BCUT2D eigenvalue weighted by atomic mass is 19.4. The van der Waals surface area contributed by atoms with Gasteiger partial charge in [0.2, 0.25) is 5.91 Å². The van der Waals surface area contributed by atoms with Crippen LogP contribution in [0.25, 0.3) is 10.8 Å². The summed E-state index contributed by atoms with van der Waals surface area (Å²) in [5, 5.41) is 6.42. The number of hydrogen-bond donors (Lipinski definition) is 2. The largest absolute Gasteiger partial charge is 0.405 e. The molecule has 0 saturated carbocycles. The van der Waals surface area contributed by atoms with Gasteiger partial charge in [-0.25, -0.2) is 4.79 Å². The molecule has 0 aliphatic carbocycles. The van der Waals surface area contributed by atoms with Crippen molar-refractivity contribution in [3.8, 4) is 0 Å². The van der Waals surface area contributed by atoms with Gasteiger partial charge in [-0.2, -0.15) is 13.2 Å². The maximum absolute atomic E-state index is 12.6. The van der Waals surface area contributed by atoms with Crippen LogP contribution in [0.4, 0.5) is 23.7 Å². The molecule has 3 rings (SSSR count). The van der Waals surface area contributed by atoms with E-state index in [1.807, 2.05) is 35.6 Å². The van der Waals surface area contributed by atoms with Crippen molar-refractivity contribution in [2.24, 2.45) is 0 Å². The standard InChI is InChI=1S/C18H18F3N3O2/c19-18(20,21)11-22-16(25)15-9-4-10-24(15)17(26)23-14-8-3-6-12-5-1-2-7-13(12)14/h1-3,5-8,15H,4,9-11H2,(H,22,25)(H,23,26)/t15-/m1/s1. The molecule has 0 radical (unpaired) electrons. The average Bonchev–Trinajstić information content (AvgIpc) is 3.09. The lowest BCUT2D eigenvalue weighted by molar-refractivity contribution is -0.140. The molecule has 0 aromatic heterocycles. The minimum Gasteiger partial charge on any atom is -0.345 e. The molecule has 5 nitrogen and oxygen atoms in total. The Balaban J connectivity index is 1.71. The number of nitrogens with zero attached hydrogens (tertiary/aromatic N) is 1. The molecule has 0 spiro atoms. The topological polar surface area (TPSA) is 61.4 Å². The van der Waals surface area contributed by atoms with Crippen LogP contribution in [0.5, 0.6) is 0 Å². The zero-order chi connectivity index (χ0) is 18.7. The summed E-state index contributed by atoms with van der Waals surface area (Å²) in [6.07, 6.45) is -3.58. The summed E-state index contributed by atoms with van der Waals surface area (Å²) in [6, 6.07) is 11.6. The molecule has 0 bridgehead atoms.